The van der Waals surface area contributed by atoms with Crippen LogP contribution in [0, 0.1) is 0 Å². The molecule has 6 nitrogen and oxygen atoms in total. The summed E-state index contributed by atoms with van der Waals surface area (Å²) in [7, 11) is -3.62. The van der Waals surface area contributed by atoms with Gasteiger partial charge in [-0.15, -0.1) is 0 Å². The summed E-state index contributed by atoms with van der Waals surface area (Å²) in [6, 6.07) is 0. The molecular formula is C11H24O6SSi. The average Bonchev–Trinajstić information content (AvgIpc) is 2.33. The van der Waals surface area contributed by atoms with Gasteiger partial charge in [0, 0.05) is 22.1 Å². The van der Waals surface area contributed by atoms with E-state index in [0.717, 1.165) is 42.5 Å². The Kier molecular flexibility index (Phi) is 6.41. The minimum Gasteiger partial charge on any atom is -0.389 e. The van der Waals surface area contributed by atoms with Gasteiger partial charge in [-0.05, 0) is 32.1 Å². The molecular weight excluding hydrogens is 288 g/mol. The minimum absolute atomic E-state index is 0.0187. The van der Waals surface area contributed by atoms with Gasteiger partial charge in [0.05, 0.1) is 6.10 Å². The minimum atomic E-state index is -4.58. The molecule has 0 amide bonds. The molecule has 0 aromatic carbocycles. The predicted molar refractivity (Wildman–Crippen MR) is 74.5 cm³/mol. The van der Waals surface area contributed by atoms with Crippen molar-refractivity contribution < 1.29 is 27.9 Å². The molecule has 0 aromatic heterocycles. The van der Waals surface area contributed by atoms with Crippen molar-refractivity contribution in [1.82, 2.24) is 0 Å². The van der Waals surface area contributed by atoms with E-state index >= 15 is 0 Å². The molecule has 1 fully saturated rings. The number of hydrogen-bond acceptors (Lipinski definition) is 5. The highest BCUT2D eigenvalue weighted by molar-refractivity contribution is 7.86. The van der Waals surface area contributed by atoms with Gasteiger partial charge in [0.2, 0.25) is 5.44 Å². The number of hydrogen-bond donors (Lipinski definition) is 3. The van der Waals surface area contributed by atoms with Gasteiger partial charge in [-0.25, -0.2) is 0 Å². The fourth-order valence-electron chi connectivity index (χ4n) is 2.38. The van der Waals surface area contributed by atoms with Crippen LogP contribution in [0.25, 0.3) is 0 Å². The molecule has 1 heterocycles. The molecule has 19 heavy (non-hydrogen) atoms. The van der Waals surface area contributed by atoms with Crippen molar-refractivity contribution in [3.63, 3.8) is 0 Å². The maximum Gasteiger partial charge on any atom is 0.294 e. The summed E-state index contributed by atoms with van der Waals surface area (Å²) in [4.78, 5) is 0. The lowest BCUT2D eigenvalue weighted by Crippen LogP contribution is -2.37. The van der Waals surface area contributed by atoms with Gasteiger partial charge >= 0.3 is 0 Å². The standard InChI is InChI=1S/C11H24O6SSi/c12-9(10(13)18(14,15)16)5-1-2-6-11(19)7-3-4-8-17-11/h9-10,12-13H,1-8H2,19H3,(H,14,15,16). The highest BCUT2D eigenvalue weighted by Gasteiger charge is 2.29. The van der Waals surface area contributed by atoms with Crippen LogP contribution in [0.15, 0.2) is 0 Å². The quantitative estimate of drug-likeness (QED) is 0.329. The summed E-state index contributed by atoms with van der Waals surface area (Å²) in [5.74, 6) is 0. The van der Waals surface area contributed by atoms with E-state index in [9.17, 15) is 13.5 Å². The Morgan fingerprint density at radius 3 is 2.47 bits per heavy atom. The molecule has 1 aliphatic heterocycles. The van der Waals surface area contributed by atoms with E-state index in [4.69, 9.17) is 14.4 Å². The zero-order valence-corrected chi connectivity index (χ0v) is 14.1. The third kappa shape index (κ3) is 5.88. The molecule has 0 radical (unpaired) electrons. The summed E-state index contributed by atoms with van der Waals surface area (Å²) < 4.78 is 35.7. The molecule has 0 aromatic rings. The second-order valence-corrected chi connectivity index (χ2v) is 8.81. The van der Waals surface area contributed by atoms with Crippen LogP contribution in [0.5, 0.6) is 0 Å². The van der Waals surface area contributed by atoms with Crippen molar-refractivity contribution in [2.45, 2.75) is 61.7 Å². The van der Waals surface area contributed by atoms with E-state index in [0.29, 0.717) is 6.42 Å². The zero-order chi connectivity index (χ0) is 14.5. The zero-order valence-electron chi connectivity index (χ0n) is 11.3. The first kappa shape index (κ1) is 17.1. The van der Waals surface area contributed by atoms with Crippen molar-refractivity contribution in [2.75, 3.05) is 6.61 Å². The Labute approximate surface area is 117 Å². The molecule has 1 rings (SSSR count). The Balaban J connectivity index is 2.23. The third-order valence-electron chi connectivity index (χ3n) is 3.64. The normalized spacial score (nSPS) is 28.2. The van der Waals surface area contributed by atoms with Gasteiger partial charge in [0.15, 0.2) is 0 Å². The molecule has 114 valence electrons. The van der Waals surface area contributed by atoms with Crippen LogP contribution >= 0.6 is 0 Å². The Bertz CT molecular complexity index is 365. The third-order valence-corrected chi connectivity index (χ3v) is 5.85. The number of rotatable bonds is 7. The largest absolute Gasteiger partial charge is 0.389 e. The maximum atomic E-state index is 10.6. The number of aliphatic hydroxyl groups is 2. The van der Waals surface area contributed by atoms with Crippen LogP contribution in [-0.2, 0) is 14.9 Å². The Morgan fingerprint density at radius 2 is 1.95 bits per heavy atom. The van der Waals surface area contributed by atoms with Crippen LogP contribution in [-0.4, -0.2) is 56.8 Å². The molecule has 1 aliphatic rings. The highest BCUT2D eigenvalue weighted by atomic mass is 32.2. The van der Waals surface area contributed by atoms with E-state index in [1.165, 1.54) is 6.42 Å². The Hall–Kier alpha value is 0.00688. The van der Waals surface area contributed by atoms with Crippen LogP contribution in [0.2, 0.25) is 0 Å². The molecule has 0 aliphatic carbocycles. The van der Waals surface area contributed by atoms with Crippen molar-refractivity contribution >= 4 is 20.4 Å². The second kappa shape index (κ2) is 7.14. The van der Waals surface area contributed by atoms with Crippen molar-refractivity contribution in [3.05, 3.63) is 0 Å². The number of ether oxygens (including phenoxy) is 1. The van der Waals surface area contributed by atoms with E-state index < -0.39 is 21.7 Å². The average molecular weight is 312 g/mol. The molecule has 8 heteroatoms. The van der Waals surface area contributed by atoms with Crippen molar-refractivity contribution in [1.29, 1.82) is 0 Å². The second-order valence-electron chi connectivity index (χ2n) is 5.47. The van der Waals surface area contributed by atoms with Crippen LogP contribution in [0.1, 0.15) is 44.9 Å². The highest BCUT2D eigenvalue weighted by Crippen LogP contribution is 2.27. The molecule has 3 N–H and O–H groups in total. The Morgan fingerprint density at radius 1 is 1.26 bits per heavy atom. The van der Waals surface area contributed by atoms with Gasteiger partial charge < -0.3 is 14.9 Å². The smallest absolute Gasteiger partial charge is 0.294 e. The first-order valence-corrected chi connectivity index (χ1v) is 9.21. The van der Waals surface area contributed by atoms with Gasteiger partial charge in [-0.1, -0.05) is 12.8 Å². The number of aliphatic hydroxyl groups excluding tert-OH is 2. The van der Waals surface area contributed by atoms with Crippen molar-refractivity contribution in [2.24, 2.45) is 0 Å². The summed E-state index contributed by atoms with van der Waals surface area (Å²) >= 11 is 0. The molecule has 1 saturated heterocycles. The lowest BCUT2D eigenvalue weighted by molar-refractivity contribution is -0.0248. The summed E-state index contributed by atoms with van der Waals surface area (Å²) in [6.45, 7) is 0.813. The summed E-state index contributed by atoms with van der Waals surface area (Å²) in [5.41, 5.74) is -2.11. The van der Waals surface area contributed by atoms with Crippen LogP contribution < -0.4 is 0 Å². The lowest BCUT2D eigenvalue weighted by atomic mass is 10.0. The molecule has 3 atom stereocenters. The fraction of sp³-hybridized carbons (Fsp3) is 1.00. The molecule has 0 saturated carbocycles. The fourth-order valence-corrected chi connectivity index (χ4v) is 3.83. The lowest BCUT2D eigenvalue weighted by Gasteiger charge is -2.34. The number of unbranched alkanes of at least 4 members (excludes halogenated alkanes) is 1. The topological polar surface area (TPSA) is 104 Å². The first-order valence-electron chi connectivity index (χ1n) is 6.71. The summed E-state index contributed by atoms with van der Waals surface area (Å²) in [5, 5.41) is 18.6. The first-order chi connectivity index (χ1) is 8.75. The van der Waals surface area contributed by atoms with E-state index in [-0.39, 0.29) is 11.6 Å². The maximum absolute atomic E-state index is 10.6. The monoisotopic (exact) mass is 312 g/mol. The molecule has 0 bridgehead atoms. The van der Waals surface area contributed by atoms with Gasteiger partial charge in [-0.2, -0.15) is 8.42 Å². The van der Waals surface area contributed by atoms with Gasteiger partial charge in [0.25, 0.3) is 10.1 Å². The van der Waals surface area contributed by atoms with Gasteiger partial charge in [0.1, 0.15) is 0 Å². The predicted octanol–water partition coefficient (Wildman–Crippen LogP) is -0.624. The summed E-state index contributed by atoms with van der Waals surface area (Å²) in [6.07, 6.45) is 4.42. The molecule has 3 unspecified atom stereocenters. The van der Waals surface area contributed by atoms with Crippen LogP contribution in [0.3, 0.4) is 0 Å². The van der Waals surface area contributed by atoms with E-state index in [2.05, 4.69) is 0 Å². The SMILES string of the molecule is O=S(=O)(O)C(O)C(O)CCCCC1([SiH3])CCCCO1. The van der Waals surface area contributed by atoms with E-state index in [1.807, 2.05) is 0 Å². The van der Waals surface area contributed by atoms with Crippen molar-refractivity contribution in [3.8, 4) is 0 Å². The van der Waals surface area contributed by atoms with Gasteiger partial charge in [-0.3, -0.25) is 4.55 Å². The van der Waals surface area contributed by atoms with E-state index in [1.54, 1.807) is 0 Å². The molecule has 0 spiro atoms. The van der Waals surface area contributed by atoms with Crippen LogP contribution in [0.4, 0.5) is 0 Å².